The van der Waals surface area contributed by atoms with Gasteiger partial charge in [0, 0.05) is 25.2 Å². The fourth-order valence-corrected chi connectivity index (χ4v) is 3.13. The molecule has 1 atom stereocenters. The van der Waals surface area contributed by atoms with Gasteiger partial charge in [-0.2, -0.15) is 0 Å². The molecule has 1 saturated heterocycles. The average Bonchev–Trinajstić information content (AvgIpc) is 3.24. The van der Waals surface area contributed by atoms with Crippen LogP contribution < -0.4 is 5.32 Å². The lowest BCUT2D eigenvalue weighted by Crippen LogP contribution is -2.38. The lowest BCUT2D eigenvalue weighted by Gasteiger charge is -2.25. The van der Waals surface area contributed by atoms with Crippen molar-refractivity contribution in [2.24, 2.45) is 0 Å². The van der Waals surface area contributed by atoms with Crippen LogP contribution in [0.4, 0.5) is 0 Å². The van der Waals surface area contributed by atoms with Crippen molar-refractivity contribution in [1.29, 1.82) is 0 Å². The molecule has 1 unspecified atom stereocenters. The number of methoxy groups -OCH3 is 1. The minimum atomic E-state index is -0.257. The maximum Gasteiger partial charge on any atom is 0.337 e. The van der Waals surface area contributed by atoms with E-state index in [-0.39, 0.29) is 5.97 Å². The van der Waals surface area contributed by atoms with Crippen molar-refractivity contribution in [2.45, 2.75) is 44.3 Å². The van der Waals surface area contributed by atoms with Gasteiger partial charge in [0.1, 0.15) is 0 Å². The maximum atomic E-state index is 11.6. The predicted octanol–water partition coefficient (Wildman–Crippen LogP) is 2.19. The molecule has 1 heterocycles. The van der Waals surface area contributed by atoms with Crippen LogP contribution in [0.2, 0.25) is 0 Å². The Labute approximate surface area is 126 Å². The van der Waals surface area contributed by atoms with E-state index < -0.39 is 0 Å². The van der Waals surface area contributed by atoms with Crippen LogP contribution in [-0.2, 0) is 11.3 Å². The predicted molar refractivity (Wildman–Crippen MR) is 82.2 cm³/mol. The Morgan fingerprint density at radius 1 is 1.38 bits per heavy atom. The molecule has 21 heavy (non-hydrogen) atoms. The lowest BCUT2D eigenvalue weighted by atomic mass is 10.1. The molecular weight excluding hydrogens is 264 g/mol. The number of benzene rings is 1. The molecule has 2 fully saturated rings. The Hall–Kier alpha value is -1.39. The number of esters is 1. The molecule has 114 valence electrons. The third-order valence-electron chi connectivity index (χ3n) is 4.41. The number of hydrogen-bond donors (Lipinski definition) is 1. The van der Waals surface area contributed by atoms with Crippen molar-refractivity contribution in [3.8, 4) is 0 Å². The first-order valence-electron chi connectivity index (χ1n) is 7.91. The van der Waals surface area contributed by atoms with E-state index in [9.17, 15) is 4.79 Å². The van der Waals surface area contributed by atoms with Crippen LogP contribution in [0.15, 0.2) is 24.3 Å². The lowest BCUT2D eigenvalue weighted by molar-refractivity contribution is 0.0600. The highest BCUT2D eigenvalue weighted by molar-refractivity contribution is 5.89. The topological polar surface area (TPSA) is 41.6 Å². The summed E-state index contributed by atoms with van der Waals surface area (Å²) in [7, 11) is 1.43. The zero-order valence-corrected chi connectivity index (χ0v) is 12.7. The molecule has 1 aliphatic heterocycles. The summed E-state index contributed by atoms with van der Waals surface area (Å²) in [5.41, 5.74) is 1.84. The number of nitrogens with one attached hydrogen (secondary N) is 1. The molecule has 1 N–H and O–H groups in total. The Morgan fingerprint density at radius 3 is 2.90 bits per heavy atom. The second-order valence-electron chi connectivity index (χ2n) is 6.15. The standard InChI is InChI=1S/C17H24N2O2/c1-21-17(20)14-5-2-4-13(10-14)11-19(16-7-8-16)12-15-6-3-9-18-15/h2,4-5,10,15-16,18H,3,6-9,11-12H2,1H3. The molecule has 0 amide bonds. The first-order valence-corrected chi connectivity index (χ1v) is 7.91. The molecule has 2 aliphatic rings. The van der Waals surface area contributed by atoms with Crippen LogP contribution in [0, 0.1) is 0 Å². The van der Waals surface area contributed by atoms with E-state index >= 15 is 0 Å². The monoisotopic (exact) mass is 288 g/mol. The molecule has 0 radical (unpaired) electrons. The van der Waals surface area contributed by atoms with Gasteiger partial charge in [-0.3, -0.25) is 4.90 Å². The minimum Gasteiger partial charge on any atom is -0.465 e. The molecule has 4 heteroatoms. The molecule has 4 nitrogen and oxygen atoms in total. The summed E-state index contributed by atoms with van der Waals surface area (Å²) in [4.78, 5) is 14.2. The van der Waals surface area contributed by atoms with Gasteiger partial charge >= 0.3 is 5.97 Å². The average molecular weight is 288 g/mol. The molecule has 1 saturated carbocycles. The third kappa shape index (κ3) is 3.83. The van der Waals surface area contributed by atoms with Crippen LogP contribution in [0.1, 0.15) is 41.6 Å². The first-order chi connectivity index (χ1) is 10.3. The third-order valence-corrected chi connectivity index (χ3v) is 4.41. The van der Waals surface area contributed by atoms with Gasteiger partial charge in [-0.1, -0.05) is 12.1 Å². The smallest absolute Gasteiger partial charge is 0.337 e. The first kappa shape index (κ1) is 14.5. The summed E-state index contributed by atoms with van der Waals surface area (Å²) < 4.78 is 4.80. The fourth-order valence-electron chi connectivity index (χ4n) is 3.13. The molecule has 3 rings (SSSR count). The van der Waals surface area contributed by atoms with Crippen LogP contribution in [0.25, 0.3) is 0 Å². The van der Waals surface area contributed by atoms with Crippen molar-refractivity contribution < 1.29 is 9.53 Å². The Bertz CT molecular complexity index is 493. The van der Waals surface area contributed by atoms with Crippen LogP contribution in [-0.4, -0.2) is 43.2 Å². The summed E-state index contributed by atoms with van der Waals surface area (Å²) in [5, 5.41) is 3.58. The Kier molecular flexibility index (Phi) is 4.56. The summed E-state index contributed by atoms with van der Waals surface area (Å²) in [6.07, 6.45) is 5.19. The summed E-state index contributed by atoms with van der Waals surface area (Å²) >= 11 is 0. The summed E-state index contributed by atoms with van der Waals surface area (Å²) in [6, 6.07) is 9.19. The van der Waals surface area contributed by atoms with E-state index in [1.165, 1.54) is 38.4 Å². The fraction of sp³-hybridized carbons (Fsp3) is 0.588. The number of ether oxygens (including phenoxy) is 1. The zero-order chi connectivity index (χ0) is 14.7. The molecule has 1 aromatic carbocycles. The SMILES string of the molecule is COC(=O)c1cccc(CN(CC2CCCN2)C2CC2)c1. The van der Waals surface area contributed by atoms with Crippen LogP contribution in [0.3, 0.4) is 0 Å². The van der Waals surface area contributed by atoms with Crippen molar-refractivity contribution in [1.82, 2.24) is 10.2 Å². The van der Waals surface area contributed by atoms with E-state index in [1.54, 1.807) is 0 Å². The molecule has 1 aromatic rings. The zero-order valence-electron chi connectivity index (χ0n) is 12.7. The van der Waals surface area contributed by atoms with Crippen molar-refractivity contribution in [2.75, 3.05) is 20.2 Å². The van der Waals surface area contributed by atoms with Crippen molar-refractivity contribution in [3.63, 3.8) is 0 Å². The maximum absolute atomic E-state index is 11.6. The second kappa shape index (κ2) is 6.58. The van der Waals surface area contributed by atoms with E-state index in [0.29, 0.717) is 11.6 Å². The molecular formula is C17H24N2O2. The Morgan fingerprint density at radius 2 is 2.24 bits per heavy atom. The number of rotatable bonds is 6. The largest absolute Gasteiger partial charge is 0.465 e. The summed E-state index contributed by atoms with van der Waals surface area (Å²) in [5.74, 6) is -0.257. The number of carbonyl (C=O) groups excluding carboxylic acids is 1. The normalized spacial score (nSPS) is 21.7. The van der Waals surface area contributed by atoms with Gasteiger partial charge in [0.25, 0.3) is 0 Å². The van der Waals surface area contributed by atoms with Gasteiger partial charge in [-0.25, -0.2) is 4.79 Å². The van der Waals surface area contributed by atoms with Crippen molar-refractivity contribution in [3.05, 3.63) is 35.4 Å². The molecule has 0 spiro atoms. The van der Waals surface area contributed by atoms with Gasteiger partial charge in [0.05, 0.1) is 12.7 Å². The van der Waals surface area contributed by atoms with E-state index in [0.717, 1.165) is 25.7 Å². The van der Waals surface area contributed by atoms with Crippen molar-refractivity contribution >= 4 is 5.97 Å². The number of nitrogens with zero attached hydrogens (tertiary/aromatic N) is 1. The van der Waals surface area contributed by atoms with Gasteiger partial charge in [0.2, 0.25) is 0 Å². The minimum absolute atomic E-state index is 0.257. The van der Waals surface area contributed by atoms with E-state index in [2.05, 4.69) is 16.3 Å². The van der Waals surface area contributed by atoms with E-state index in [1.807, 2.05) is 18.2 Å². The molecule has 0 aromatic heterocycles. The highest BCUT2D eigenvalue weighted by Crippen LogP contribution is 2.29. The van der Waals surface area contributed by atoms with Crippen LogP contribution >= 0.6 is 0 Å². The second-order valence-corrected chi connectivity index (χ2v) is 6.15. The van der Waals surface area contributed by atoms with Gasteiger partial charge in [-0.05, 0) is 49.9 Å². The Balaban J connectivity index is 1.66. The molecule has 1 aliphatic carbocycles. The quantitative estimate of drug-likeness (QED) is 0.815. The van der Waals surface area contributed by atoms with E-state index in [4.69, 9.17) is 4.74 Å². The number of carbonyl (C=O) groups is 1. The molecule has 0 bridgehead atoms. The highest BCUT2D eigenvalue weighted by Gasteiger charge is 2.31. The van der Waals surface area contributed by atoms with Gasteiger partial charge < -0.3 is 10.1 Å². The van der Waals surface area contributed by atoms with Gasteiger partial charge in [0.15, 0.2) is 0 Å². The van der Waals surface area contributed by atoms with Gasteiger partial charge in [-0.15, -0.1) is 0 Å². The number of hydrogen-bond acceptors (Lipinski definition) is 4. The summed E-state index contributed by atoms with van der Waals surface area (Å²) in [6.45, 7) is 3.20. The van der Waals surface area contributed by atoms with Crippen LogP contribution in [0.5, 0.6) is 0 Å². The highest BCUT2D eigenvalue weighted by atomic mass is 16.5.